The van der Waals surface area contributed by atoms with Gasteiger partial charge >= 0.3 is 0 Å². The highest BCUT2D eigenvalue weighted by atomic mass is 32.2. The molecule has 0 aromatic heterocycles. The summed E-state index contributed by atoms with van der Waals surface area (Å²) in [5.41, 5.74) is 0.716. The molecule has 0 aliphatic carbocycles. The van der Waals surface area contributed by atoms with E-state index in [4.69, 9.17) is 10.00 Å². The van der Waals surface area contributed by atoms with E-state index in [0.29, 0.717) is 37.5 Å². The summed E-state index contributed by atoms with van der Waals surface area (Å²) >= 11 is 0. The maximum Gasteiger partial charge on any atom is 0.244 e. The van der Waals surface area contributed by atoms with Crippen molar-refractivity contribution >= 4 is 15.7 Å². The summed E-state index contributed by atoms with van der Waals surface area (Å²) in [6.07, 6.45) is 2.64. The molecule has 22 heavy (non-hydrogen) atoms. The number of nitriles is 1. The molecular formula is C14H20N4O3S. The highest BCUT2D eigenvalue weighted by Gasteiger charge is 2.28. The lowest BCUT2D eigenvalue weighted by molar-refractivity contribution is 0.402. The van der Waals surface area contributed by atoms with Crippen molar-refractivity contribution in [3.63, 3.8) is 0 Å². The van der Waals surface area contributed by atoms with E-state index in [9.17, 15) is 8.42 Å². The molecule has 1 fully saturated rings. The molecule has 0 radical (unpaired) electrons. The second-order valence-corrected chi connectivity index (χ2v) is 6.73. The first-order valence-electron chi connectivity index (χ1n) is 7.09. The fraction of sp³-hybridized carbons (Fsp3) is 0.500. The van der Waals surface area contributed by atoms with Crippen LogP contribution in [0.5, 0.6) is 5.75 Å². The average molecular weight is 324 g/mol. The second-order valence-electron chi connectivity index (χ2n) is 5.05. The van der Waals surface area contributed by atoms with Gasteiger partial charge in [0.15, 0.2) is 6.19 Å². The van der Waals surface area contributed by atoms with Gasteiger partial charge in [-0.3, -0.25) is 0 Å². The molecule has 2 rings (SSSR count). The Morgan fingerprint density at radius 1 is 1.50 bits per heavy atom. The summed E-state index contributed by atoms with van der Waals surface area (Å²) in [6.45, 7) is 3.59. The van der Waals surface area contributed by atoms with E-state index in [2.05, 4.69) is 10.0 Å². The van der Waals surface area contributed by atoms with Crippen LogP contribution in [0, 0.1) is 11.5 Å². The maximum absolute atomic E-state index is 12.6. The molecule has 1 aliphatic rings. The molecule has 0 saturated carbocycles. The number of sulfonamides is 1. The number of nitrogens with zero attached hydrogens (tertiary/aromatic N) is 2. The SMILES string of the molecule is CCNc1ccc(OC)c(S(=O)(=O)N[C@@H]2CCN(C#N)C2)c1. The number of rotatable bonds is 6. The predicted octanol–water partition coefficient (Wildman–Crippen LogP) is 0.961. The molecular weight excluding hydrogens is 304 g/mol. The largest absolute Gasteiger partial charge is 0.495 e. The van der Waals surface area contributed by atoms with Gasteiger partial charge in [0, 0.05) is 31.4 Å². The van der Waals surface area contributed by atoms with E-state index in [1.165, 1.54) is 7.11 Å². The molecule has 0 amide bonds. The van der Waals surface area contributed by atoms with Gasteiger partial charge in [0.05, 0.1) is 7.11 Å². The highest BCUT2D eigenvalue weighted by Crippen LogP contribution is 2.27. The normalized spacial score (nSPS) is 18.0. The van der Waals surface area contributed by atoms with Crippen molar-refractivity contribution in [2.75, 3.05) is 32.1 Å². The molecule has 1 heterocycles. The van der Waals surface area contributed by atoms with E-state index in [1.54, 1.807) is 23.1 Å². The van der Waals surface area contributed by atoms with Crippen LogP contribution in [-0.4, -0.2) is 46.1 Å². The second kappa shape index (κ2) is 6.85. The van der Waals surface area contributed by atoms with Crippen LogP contribution in [-0.2, 0) is 10.0 Å². The number of ether oxygens (including phenoxy) is 1. The first-order valence-corrected chi connectivity index (χ1v) is 8.57. The molecule has 1 atom stereocenters. The third kappa shape index (κ3) is 3.61. The van der Waals surface area contributed by atoms with E-state index < -0.39 is 10.0 Å². The standard InChI is InChI=1S/C14H20N4O3S/c1-3-16-11-4-5-13(21-2)14(8-11)22(19,20)17-12-6-7-18(9-12)10-15/h4-5,8,12,16-17H,3,6-7,9H2,1-2H3/t12-/m1/s1. The van der Waals surface area contributed by atoms with Crippen LogP contribution in [0.15, 0.2) is 23.1 Å². The van der Waals surface area contributed by atoms with Gasteiger partial charge in [-0.05, 0) is 31.5 Å². The molecule has 1 aromatic carbocycles. The summed E-state index contributed by atoms with van der Waals surface area (Å²) in [5.74, 6) is 0.296. The predicted molar refractivity (Wildman–Crippen MR) is 83.1 cm³/mol. The Bertz CT molecular complexity index is 669. The van der Waals surface area contributed by atoms with E-state index >= 15 is 0 Å². The van der Waals surface area contributed by atoms with Gasteiger partial charge in [-0.25, -0.2) is 13.1 Å². The number of hydrogen-bond acceptors (Lipinski definition) is 6. The number of benzene rings is 1. The average Bonchev–Trinajstić information content (AvgIpc) is 2.94. The molecule has 0 unspecified atom stereocenters. The monoisotopic (exact) mass is 324 g/mol. The summed E-state index contributed by atoms with van der Waals surface area (Å²) in [4.78, 5) is 1.64. The van der Waals surface area contributed by atoms with Crippen molar-refractivity contribution < 1.29 is 13.2 Å². The summed E-state index contributed by atoms with van der Waals surface area (Å²) < 4.78 is 33.0. The minimum Gasteiger partial charge on any atom is -0.495 e. The lowest BCUT2D eigenvalue weighted by Gasteiger charge is -2.16. The smallest absolute Gasteiger partial charge is 0.244 e. The number of methoxy groups -OCH3 is 1. The van der Waals surface area contributed by atoms with Crippen LogP contribution in [0.25, 0.3) is 0 Å². The zero-order chi connectivity index (χ0) is 16.2. The van der Waals surface area contributed by atoms with Gasteiger partial charge in [-0.1, -0.05) is 0 Å². The van der Waals surface area contributed by atoms with E-state index in [1.807, 2.05) is 13.1 Å². The zero-order valence-electron chi connectivity index (χ0n) is 12.7. The molecule has 0 bridgehead atoms. The van der Waals surface area contributed by atoms with Gasteiger partial charge in [0.2, 0.25) is 10.0 Å². The third-order valence-corrected chi connectivity index (χ3v) is 5.03. The summed E-state index contributed by atoms with van der Waals surface area (Å²) in [5, 5.41) is 11.9. The fourth-order valence-electron chi connectivity index (χ4n) is 2.43. The number of hydrogen-bond donors (Lipinski definition) is 2. The molecule has 2 N–H and O–H groups in total. The van der Waals surface area contributed by atoms with Crippen LogP contribution in [0.1, 0.15) is 13.3 Å². The van der Waals surface area contributed by atoms with Gasteiger partial charge in [-0.15, -0.1) is 0 Å². The highest BCUT2D eigenvalue weighted by molar-refractivity contribution is 7.89. The Labute approximate surface area is 130 Å². The molecule has 7 nitrogen and oxygen atoms in total. The van der Waals surface area contributed by atoms with Crippen molar-refractivity contribution in [2.24, 2.45) is 0 Å². The molecule has 1 aliphatic heterocycles. The number of anilines is 1. The van der Waals surface area contributed by atoms with Crippen LogP contribution < -0.4 is 14.8 Å². The van der Waals surface area contributed by atoms with Crippen LogP contribution in [0.3, 0.4) is 0 Å². The first kappa shape index (κ1) is 16.4. The quantitative estimate of drug-likeness (QED) is 0.757. The van der Waals surface area contributed by atoms with Crippen molar-refractivity contribution in [1.82, 2.24) is 9.62 Å². The molecule has 1 aromatic rings. The fourth-order valence-corrected chi connectivity index (χ4v) is 3.89. The van der Waals surface area contributed by atoms with Crippen LogP contribution in [0.2, 0.25) is 0 Å². The topological polar surface area (TPSA) is 94.5 Å². The Morgan fingerprint density at radius 2 is 2.27 bits per heavy atom. The van der Waals surface area contributed by atoms with Crippen molar-refractivity contribution in [1.29, 1.82) is 5.26 Å². The zero-order valence-corrected chi connectivity index (χ0v) is 13.5. The lowest BCUT2D eigenvalue weighted by Crippen LogP contribution is -2.36. The van der Waals surface area contributed by atoms with Crippen LogP contribution >= 0.6 is 0 Å². The van der Waals surface area contributed by atoms with Gasteiger partial charge in [-0.2, -0.15) is 5.26 Å². The minimum atomic E-state index is -3.71. The Morgan fingerprint density at radius 3 is 2.86 bits per heavy atom. The minimum absolute atomic E-state index is 0.101. The lowest BCUT2D eigenvalue weighted by atomic mass is 10.3. The van der Waals surface area contributed by atoms with Crippen molar-refractivity contribution in [3.8, 4) is 11.9 Å². The van der Waals surface area contributed by atoms with Gasteiger partial charge < -0.3 is 15.0 Å². The van der Waals surface area contributed by atoms with Crippen molar-refractivity contribution in [3.05, 3.63) is 18.2 Å². The summed E-state index contributed by atoms with van der Waals surface area (Å²) in [7, 11) is -2.27. The first-order chi connectivity index (χ1) is 10.5. The Kier molecular flexibility index (Phi) is 5.11. The third-order valence-electron chi connectivity index (χ3n) is 3.49. The number of nitrogens with one attached hydrogen (secondary N) is 2. The molecule has 8 heteroatoms. The molecule has 0 spiro atoms. The number of likely N-dealkylation sites (tertiary alicyclic amines) is 1. The van der Waals surface area contributed by atoms with Gasteiger partial charge in [0.25, 0.3) is 0 Å². The molecule has 120 valence electrons. The Hall–Kier alpha value is -1.98. The van der Waals surface area contributed by atoms with E-state index in [-0.39, 0.29) is 10.9 Å². The van der Waals surface area contributed by atoms with Crippen molar-refractivity contribution in [2.45, 2.75) is 24.3 Å². The maximum atomic E-state index is 12.6. The Balaban J connectivity index is 2.24. The summed E-state index contributed by atoms with van der Waals surface area (Å²) in [6, 6.07) is 4.69. The van der Waals surface area contributed by atoms with Crippen LogP contribution in [0.4, 0.5) is 5.69 Å². The molecule has 1 saturated heterocycles. The van der Waals surface area contributed by atoms with E-state index in [0.717, 1.165) is 0 Å². The van der Waals surface area contributed by atoms with Gasteiger partial charge in [0.1, 0.15) is 10.6 Å².